The van der Waals surface area contributed by atoms with Gasteiger partial charge in [-0.05, 0) is 12.1 Å². The van der Waals surface area contributed by atoms with Gasteiger partial charge < -0.3 is 20.3 Å². The highest BCUT2D eigenvalue weighted by Crippen LogP contribution is 2.36. The topological polar surface area (TPSA) is 125 Å². The van der Waals surface area contributed by atoms with Crippen molar-refractivity contribution in [3.05, 3.63) is 43.0 Å². The second kappa shape index (κ2) is 6.70. The van der Waals surface area contributed by atoms with Gasteiger partial charge in [0.15, 0.2) is 11.5 Å². The number of nitrogens with zero attached hydrogens (tertiary/aromatic N) is 4. The van der Waals surface area contributed by atoms with Gasteiger partial charge in [-0.3, -0.25) is 9.36 Å². The molecule has 1 aliphatic rings. The number of hydrogen-bond donors (Lipinski definition) is 2. The number of benzene rings is 1. The Morgan fingerprint density at radius 2 is 2.12 bits per heavy atom. The summed E-state index contributed by atoms with van der Waals surface area (Å²) in [5, 5.41) is 9.62. The van der Waals surface area contributed by atoms with E-state index in [-0.39, 0.29) is 12.4 Å². The highest BCUT2D eigenvalue weighted by Gasteiger charge is 2.42. The third-order valence-electron chi connectivity index (χ3n) is 4.38. The van der Waals surface area contributed by atoms with Crippen LogP contribution in [0.5, 0.6) is 5.75 Å². The highest BCUT2D eigenvalue weighted by molar-refractivity contribution is 5.81. The van der Waals surface area contributed by atoms with Crippen molar-refractivity contribution in [2.45, 2.75) is 18.8 Å². The zero-order chi connectivity index (χ0) is 18.1. The number of ether oxygens (including phenoxy) is 2. The summed E-state index contributed by atoms with van der Waals surface area (Å²) in [6, 6.07) is 8.79. The van der Waals surface area contributed by atoms with Crippen molar-refractivity contribution in [1.82, 2.24) is 19.5 Å². The molecule has 0 amide bonds. The van der Waals surface area contributed by atoms with Crippen LogP contribution < -0.4 is 10.5 Å². The van der Waals surface area contributed by atoms with Gasteiger partial charge in [-0.1, -0.05) is 18.2 Å². The second-order valence-electron chi connectivity index (χ2n) is 5.97. The zero-order valence-electron chi connectivity index (χ0n) is 13.7. The van der Waals surface area contributed by atoms with E-state index in [9.17, 15) is 9.90 Å². The van der Waals surface area contributed by atoms with Gasteiger partial charge in [0, 0.05) is 6.42 Å². The molecule has 0 aliphatic carbocycles. The number of imidazole rings is 1. The Morgan fingerprint density at radius 3 is 2.88 bits per heavy atom. The Labute approximate surface area is 148 Å². The van der Waals surface area contributed by atoms with E-state index >= 15 is 0 Å². The van der Waals surface area contributed by atoms with E-state index in [1.165, 1.54) is 6.33 Å². The Balaban J connectivity index is 1.57. The van der Waals surface area contributed by atoms with Gasteiger partial charge in [-0.15, -0.1) is 0 Å². The number of nitrogens with two attached hydrogens (primary N) is 1. The normalized spacial score (nSPS) is 22.6. The standard InChI is InChI=1S/C17H17N5O4/c18-15-14-16(20-8-19-15)22(9-21-14)13-6-11(12(7-23)26-13)17(24)25-10-4-2-1-3-5-10/h1-5,8-9,11-13,23H,6-7H2,(H2,18,19,20)/t11-,12+,13?/m0/s1. The summed E-state index contributed by atoms with van der Waals surface area (Å²) in [7, 11) is 0. The summed E-state index contributed by atoms with van der Waals surface area (Å²) in [5.41, 5.74) is 6.78. The largest absolute Gasteiger partial charge is 0.426 e. The molecule has 134 valence electrons. The lowest BCUT2D eigenvalue weighted by molar-refractivity contribution is -0.141. The summed E-state index contributed by atoms with van der Waals surface area (Å²) >= 11 is 0. The molecule has 4 rings (SSSR count). The van der Waals surface area contributed by atoms with Crippen LogP contribution in [0.2, 0.25) is 0 Å². The second-order valence-corrected chi connectivity index (χ2v) is 5.97. The number of rotatable bonds is 4. The number of para-hydroxylation sites is 1. The van der Waals surface area contributed by atoms with Crippen LogP contribution >= 0.6 is 0 Å². The van der Waals surface area contributed by atoms with Crippen LogP contribution in [0, 0.1) is 5.92 Å². The lowest BCUT2D eigenvalue weighted by Crippen LogP contribution is -2.30. The molecule has 0 bridgehead atoms. The van der Waals surface area contributed by atoms with E-state index in [1.54, 1.807) is 35.2 Å². The maximum absolute atomic E-state index is 12.5. The molecule has 1 unspecified atom stereocenters. The van der Waals surface area contributed by atoms with E-state index < -0.39 is 24.2 Å². The lowest BCUT2D eigenvalue weighted by atomic mass is 10.0. The molecule has 1 aliphatic heterocycles. The number of aliphatic hydroxyl groups excluding tert-OH is 1. The molecule has 0 spiro atoms. The number of aliphatic hydroxyl groups is 1. The van der Waals surface area contributed by atoms with Crippen LogP contribution in [0.4, 0.5) is 5.82 Å². The lowest BCUT2D eigenvalue weighted by Gasteiger charge is -2.15. The van der Waals surface area contributed by atoms with Gasteiger partial charge in [0.25, 0.3) is 0 Å². The van der Waals surface area contributed by atoms with Crippen LogP contribution in [-0.2, 0) is 9.53 Å². The van der Waals surface area contributed by atoms with E-state index in [4.69, 9.17) is 15.2 Å². The molecule has 3 aromatic rings. The Morgan fingerprint density at radius 1 is 1.31 bits per heavy atom. The Kier molecular flexibility index (Phi) is 4.23. The monoisotopic (exact) mass is 355 g/mol. The van der Waals surface area contributed by atoms with E-state index in [0.29, 0.717) is 23.3 Å². The van der Waals surface area contributed by atoms with Crippen LogP contribution in [0.15, 0.2) is 43.0 Å². The number of esters is 1. The smallest absolute Gasteiger partial charge is 0.317 e. The summed E-state index contributed by atoms with van der Waals surface area (Å²) < 4.78 is 12.9. The number of nitrogen functional groups attached to an aromatic ring is 1. The average Bonchev–Trinajstić information content (AvgIpc) is 3.27. The van der Waals surface area contributed by atoms with Crippen molar-refractivity contribution in [3.63, 3.8) is 0 Å². The first-order valence-corrected chi connectivity index (χ1v) is 8.13. The van der Waals surface area contributed by atoms with Gasteiger partial charge in [0.2, 0.25) is 0 Å². The number of carbonyl (C=O) groups is 1. The van der Waals surface area contributed by atoms with Crippen LogP contribution in [-0.4, -0.2) is 43.3 Å². The molecule has 26 heavy (non-hydrogen) atoms. The van der Waals surface area contributed by atoms with Gasteiger partial charge >= 0.3 is 5.97 Å². The molecule has 1 aromatic carbocycles. The number of fused-ring (bicyclic) bond motifs is 1. The molecule has 0 saturated carbocycles. The van der Waals surface area contributed by atoms with Crippen LogP contribution in [0.1, 0.15) is 12.6 Å². The maximum atomic E-state index is 12.5. The first-order valence-electron chi connectivity index (χ1n) is 8.13. The zero-order valence-corrected chi connectivity index (χ0v) is 13.7. The maximum Gasteiger partial charge on any atom is 0.317 e. The quantitative estimate of drug-likeness (QED) is 0.522. The molecule has 3 atom stereocenters. The van der Waals surface area contributed by atoms with Gasteiger partial charge in [-0.25, -0.2) is 15.0 Å². The molecule has 3 heterocycles. The highest BCUT2D eigenvalue weighted by atomic mass is 16.6. The van der Waals surface area contributed by atoms with Gasteiger partial charge in [-0.2, -0.15) is 0 Å². The fourth-order valence-corrected chi connectivity index (χ4v) is 3.08. The Hall–Kier alpha value is -3.04. The predicted octanol–water partition coefficient (Wildman–Crippen LogP) is 0.910. The molecule has 1 fully saturated rings. The third-order valence-corrected chi connectivity index (χ3v) is 4.38. The first-order chi connectivity index (χ1) is 12.7. The van der Waals surface area contributed by atoms with Crippen molar-refractivity contribution < 1.29 is 19.4 Å². The molecular weight excluding hydrogens is 338 g/mol. The number of anilines is 1. The van der Waals surface area contributed by atoms with Crippen molar-refractivity contribution in [2.75, 3.05) is 12.3 Å². The van der Waals surface area contributed by atoms with Crippen molar-refractivity contribution >= 4 is 23.0 Å². The van der Waals surface area contributed by atoms with Crippen molar-refractivity contribution in [1.29, 1.82) is 0 Å². The minimum atomic E-state index is -0.673. The minimum absolute atomic E-state index is 0.269. The summed E-state index contributed by atoms with van der Waals surface area (Å²) in [6.07, 6.45) is 2.02. The fourth-order valence-electron chi connectivity index (χ4n) is 3.08. The minimum Gasteiger partial charge on any atom is -0.426 e. The number of carbonyl (C=O) groups excluding carboxylic acids is 1. The molecule has 9 nitrogen and oxygen atoms in total. The molecule has 0 radical (unpaired) electrons. The van der Waals surface area contributed by atoms with Crippen LogP contribution in [0.25, 0.3) is 11.2 Å². The first kappa shape index (κ1) is 16.4. The van der Waals surface area contributed by atoms with Crippen molar-refractivity contribution in [2.24, 2.45) is 5.92 Å². The van der Waals surface area contributed by atoms with Gasteiger partial charge in [0.05, 0.1) is 25.0 Å². The summed E-state index contributed by atoms with van der Waals surface area (Å²) in [4.78, 5) is 24.8. The third kappa shape index (κ3) is 2.87. The number of hydrogen-bond acceptors (Lipinski definition) is 8. The molecular formula is C17H17N5O4. The molecule has 9 heteroatoms. The van der Waals surface area contributed by atoms with Gasteiger partial charge in [0.1, 0.15) is 23.8 Å². The summed E-state index contributed by atoms with van der Waals surface area (Å²) in [5.74, 6) is -0.338. The molecule has 2 aromatic heterocycles. The Bertz CT molecular complexity index is 929. The van der Waals surface area contributed by atoms with E-state index in [2.05, 4.69) is 15.0 Å². The average molecular weight is 355 g/mol. The number of aromatic nitrogens is 4. The van der Waals surface area contributed by atoms with Crippen LogP contribution in [0.3, 0.4) is 0 Å². The summed E-state index contributed by atoms with van der Waals surface area (Å²) in [6.45, 7) is -0.297. The molecule has 1 saturated heterocycles. The van der Waals surface area contributed by atoms with E-state index in [0.717, 1.165) is 0 Å². The predicted molar refractivity (Wildman–Crippen MR) is 90.9 cm³/mol. The fraction of sp³-hybridized carbons (Fsp3) is 0.294. The SMILES string of the molecule is Nc1ncnc2c1ncn2C1C[C@H](C(=O)Oc2ccccc2)[C@@H](CO)O1. The van der Waals surface area contributed by atoms with Crippen molar-refractivity contribution in [3.8, 4) is 5.75 Å². The van der Waals surface area contributed by atoms with E-state index in [1.807, 2.05) is 6.07 Å². The molecule has 3 N–H and O–H groups in total.